The molecule has 3 heterocycles. The van der Waals surface area contributed by atoms with Crippen LogP contribution in [0.1, 0.15) is 28.8 Å². The number of imidazole rings is 1. The number of benzene rings is 2. The summed E-state index contributed by atoms with van der Waals surface area (Å²) in [6.07, 6.45) is 2.90. The highest BCUT2D eigenvalue weighted by atomic mass is 16.5. The van der Waals surface area contributed by atoms with E-state index in [1.807, 2.05) is 31.2 Å². The Kier molecular flexibility index (Phi) is 6.08. The number of ether oxygens (including phenoxy) is 2. The Morgan fingerprint density at radius 2 is 2.00 bits per heavy atom. The highest BCUT2D eigenvalue weighted by Crippen LogP contribution is 2.19. The van der Waals surface area contributed by atoms with E-state index in [2.05, 4.69) is 4.98 Å². The molecule has 9 heteroatoms. The largest absolute Gasteiger partial charge is 0.497 e. The summed E-state index contributed by atoms with van der Waals surface area (Å²) in [5, 5.41) is 0. The van der Waals surface area contributed by atoms with Crippen LogP contribution in [0.4, 0.5) is 0 Å². The van der Waals surface area contributed by atoms with Crippen LogP contribution in [0.2, 0.25) is 0 Å². The SMILES string of the molecule is COc1cccc(C(=O)Cn2cnc3c2c(=O)n(C[C@H]2CCCO2)c(=O)n3-c2ccccc2C)c1. The molecule has 4 aromatic rings. The van der Waals surface area contributed by atoms with Gasteiger partial charge in [-0.25, -0.2) is 14.3 Å². The van der Waals surface area contributed by atoms with Crippen molar-refractivity contribution < 1.29 is 14.3 Å². The number of rotatable bonds is 7. The van der Waals surface area contributed by atoms with Gasteiger partial charge in [-0.1, -0.05) is 30.3 Å². The fourth-order valence-electron chi connectivity index (χ4n) is 4.53. The first kappa shape index (κ1) is 22.8. The van der Waals surface area contributed by atoms with Gasteiger partial charge in [0.05, 0.1) is 38.3 Å². The fraction of sp³-hybridized carbons (Fsp3) is 0.308. The van der Waals surface area contributed by atoms with Crippen molar-refractivity contribution >= 4 is 16.9 Å². The lowest BCUT2D eigenvalue weighted by molar-refractivity contribution is 0.0947. The summed E-state index contributed by atoms with van der Waals surface area (Å²) in [6, 6.07) is 14.3. The van der Waals surface area contributed by atoms with E-state index in [0.717, 1.165) is 18.4 Å². The molecular formula is C26H26N4O5. The molecule has 180 valence electrons. The van der Waals surface area contributed by atoms with Crippen LogP contribution in [0.15, 0.2) is 64.4 Å². The first-order valence-electron chi connectivity index (χ1n) is 11.5. The number of Topliss-reactive ketones (excluding diaryl/α,β-unsaturated/α-hetero) is 1. The quantitative estimate of drug-likeness (QED) is 0.382. The Labute approximate surface area is 201 Å². The third-order valence-corrected chi connectivity index (χ3v) is 6.37. The molecule has 35 heavy (non-hydrogen) atoms. The number of aryl methyl sites for hydroxylation is 1. The van der Waals surface area contributed by atoms with Crippen molar-refractivity contribution in [3.8, 4) is 11.4 Å². The summed E-state index contributed by atoms with van der Waals surface area (Å²) in [4.78, 5) is 44.7. The van der Waals surface area contributed by atoms with Crippen LogP contribution < -0.4 is 16.0 Å². The molecule has 0 unspecified atom stereocenters. The Balaban J connectivity index is 1.67. The van der Waals surface area contributed by atoms with Crippen molar-refractivity contribution in [2.45, 2.75) is 39.0 Å². The summed E-state index contributed by atoms with van der Waals surface area (Å²) in [7, 11) is 1.54. The van der Waals surface area contributed by atoms with Crippen molar-refractivity contribution in [1.29, 1.82) is 0 Å². The molecule has 0 saturated carbocycles. The zero-order valence-corrected chi connectivity index (χ0v) is 19.6. The van der Waals surface area contributed by atoms with Gasteiger partial charge >= 0.3 is 5.69 Å². The van der Waals surface area contributed by atoms with Gasteiger partial charge in [0.2, 0.25) is 0 Å². The third-order valence-electron chi connectivity index (χ3n) is 6.37. The van der Waals surface area contributed by atoms with Gasteiger partial charge in [-0.15, -0.1) is 0 Å². The maximum absolute atomic E-state index is 13.6. The number of methoxy groups -OCH3 is 1. The number of carbonyl (C=O) groups is 1. The van der Waals surface area contributed by atoms with Crippen LogP contribution in [0.25, 0.3) is 16.9 Å². The summed E-state index contributed by atoms with van der Waals surface area (Å²) in [5.74, 6) is 0.362. The van der Waals surface area contributed by atoms with E-state index in [0.29, 0.717) is 23.6 Å². The van der Waals surface area contributed by atoms with Gasteiger partial charge in [0.15, 0.2) is 16.9 Å². The normalized spacial score (nSPS) is 15.5. The van der Waals surface area contributed by atoms with Crippen molar-refractivity contribution in [3.63, 3.8) is 0 Å². The number of aromatic nitrogens is 4. The van der Waals surface area contributed by atoms with E-state index < -0.39 is 11.2 Å². The Morgan fingerprint density at radius 1 is 1.17 bits per heavy atom. The predicted octanol–water partition coefficient (Wildman–Crippen LogP) is 2.73. The van der Waals surface area contributed by atoms with Crippen molar-refractivity contribution in [2.75, 3.05) is 13.7 Å². The van der Waals surface area contributed by atoms with Gasteiger partial charge in [0.25, 0.3) is 5.56 Å². The van der Waals surface area contributed by atoms with Crippen molar-refractivity contribution in [2.24, 2.45) is 0 Å². The monoisotopic (exact) mass is 474 g/mol. The van der Waals surface area contributed by atoms with E-state index in [1.165, 1.54) is 27.1 Å². The minimum Gasteiger partial charge on any atom is -0.497 e. The molecule has 1 atom stereocenters. The lowest BCUT2D eigenvalue weighted by atomic mass is 10.1. The van der Waals surface area contributed by atoms with Gasteiger partial charge in [-0.2, -0.15) is 0 Å². The number of fused-ring (bicyclic) bond motifs is 1. The van der Waals surface area contributed by atoms with Gasteiger partial charge in [-0.3, -0.25) is 14.2 Å². The smallest absolute Gasteiger partial charge is 0.337 e. The van der Waals surface area contributed by atoms with Gasteiger partial charge in [0, 0.05) is 12.2 Å². The van der Waals surface area contributed by atoms with Crippen molar-refractivity contribution in [1.82, 2.24) is 18.7 Å². The molecule has 0 spiro atoms. The van der Waals surface area contributed by atoms with Crippen LogP contribution in [-0.2, 0) is 17.8 Å². The van der Waals surface area contributed by atoms with E-state index in [1.54, 1.807) is 24.3 Å². The maximum atomic E-state index is 13.6. The van der Waals surface area contributed by atoms with Crippen LogP contribution in [0.5, 0.6) is 5.75 Å². The standard InChI is InChI=1S/C26H26N4O5/c1-17-7-3-4-11-21(17)30-24-23(25(32)29(26(30)33)14-20-10-6-12-35-20)28(16-27-24)15-22(31)18-8-5-9-19(13-18)34-2/h3-5,7-9,11,13,16,20H,6,10,12,14-15H2,1-2H3/t20-/m1/s1. The maximum Gasteiger partial charge on any atom is 0.337 e. The molecule has 0 radical (unpaired) electrons. The zero-order valence-electron chi connectivity index (χ0n) is 19.6. The second-order valence-corrected chi connectivity index (χ2v) is 8.66. The van der Waals surface area contributed by atoms with E-state index in [4.69, 9.17) is 9.47 Å². The number of para-hydroxylation sites is 1. The van der Waals surface area contributed by atoms with Gasteiger partial charge in [-0.05, 0) is 43.5 Å². The summed E-state index contributed by atoms with van der Waals surface area (Å²) >= 11 is 0. The average Bonchev–Trinajstić information content (AvgIpc) is 3.53. The second kappa shape index (κ2) is 9.34. The fourth-order valence-corrected chi connectivity index (χ4v) is 4.53. The first-order valence-corrected chi connectivity index (χ1v) is 11.5. The predicted molar refractivity (Wildman–Crippen MR) is 131 cm³/mol. The van der Waals surface area contributed by atoms with E-state index in [-0.39, 0.29) is 36.1 Å². The first-order chi connectivity index (χ1) is 17.0. The Bertz CT molecular complexity index is 1530. The van der Waals surface area contributed by atoms with Crippen LogP contribution in [-0.4, -0.2) is 44.3 Å². The lowest BCUT2D eigenvalue weighted by Crippen LogP contribution is -2.42. The molecule has 0 amide bonds. The van der Waals surface area contributed by atoms with Crippen LogP contribution >= 0.6 is 0 Å². The molecule has 1 saturated heterocycles. The molecule has 1 fully saturated rings. The Hall–Kier alpha value is -3.98. The molecule has 1 aliphatic rings. The highest BCUT2D eigenvalue weighted by Gasteiger charge is 2.24. The Morgan fingerprint density at radius 3 is 2.74 bits per heavy atom. The minimum atomic E-state index is -0.485. The number of nitrogens with zero attached hydrogens (tertiary/aromatic N) is 4. The molecule has 2 aromatic carbocycles. The van der Waals surface area contributed by atoms with E-state index >= 15 is 0 Å². The third kappa shape index (κ3) is 4.19. The molecule has 2 aromatic heterocycles. The van der Waals surface area contributed by atoms with Gasteiger partial charge < -0.3 is 14.0 Å². The summed E-state index contributed by atoms with van der Waals surface area (Å²) < 4.78 is 15.1. The lowest BCUT2D eigenvalue weighted by Gasteiger charge is -2.16. The van der Waals surface area contributed by atoms with Crippen molar-refractivity contribution in [3.05, 3.63) is 86.8 Å². The molecule has 0 aliphatic carbocycles. The number of carbonyl (C=O) groups excluding carboxylic acids is 1. The topological polar surface area (TPSA) is 97.4 Å². The van der Waals surface area contributed by atoms with E-state index in [9.17, 15) is 14.4 Å². The molecule has 5 rings (SSSR count). The molecule has 9 nitrogen and oxygen atoms in total. The summed E-state index contributed by atoms with van der Waals surface area (Å²) in [6.45, 7) is 2.55. The second-order valence-electron chi connectivity index (χ2n) is 8.66. The molecular weight excluding hydrogens is 448 g/mol. The summed E-state index contributed by atoms with van der Waals surface area (Å²) in [5.41, 5.74) is 1.41. The number of hydrogen-bond acceptors (Lipinski definition) is 6. The highest BCUT2D eigenvalue weighted by molar-refractivity contribution is 5.96. The zero-order chi connectivity index (χ0) is 24.5. The van der Waals surface area contributed by atoms with Gasteiger partial charge in [0.1, 0.15) is 5.75 Å². The van der Waals surface area contributed by atoms with Crippen LogP contribution in [0.3, 0.4) is 0 Å². The average molecular weight is 475 g/mol. The molecule has 0 N–H and O–H groups in total. The van der Waals surface area contributed by atoms with Crippen LogP contribution in [0, 0.1) is 6.92 Å². The number of hydrogen-bond donors (Lipinski definition) is 0. The minimum absolute atomic E-state index is 0.106. The molecule has 0 bridgehead atoms. The molecule has 1 aliphatic heterocycles. The number of ketones is 1.